The molecule has 5 heteroatoms. The van der Waals surface area contributed by atoms with E-state index in [1.807, 2.05) is 24.3 Å². The Bertz CT molecular complexity index is 500. The molecule has 1 saturated heterocycles. The van der Waals surface area contributed by atoms with Crippen LogP contribution in [0.2, 0.25) is 0 Å². The number of hydrogen-bond donors (Lipinski definition) is 2. The quantitative estimate of drug-likeness (QED) is 0.877. The van der Waals surface area contributed by atoms with Gasteiger partial charge in [-0.3, -0.25) is 0 Å². The number of amides is 2. The first-order valence-corrected chi connectivity index (χ1v) is 8.13. The first kappa shape index (κ1) is 15.2. The van der Waals surface area contributed by atoms with Gasteiger partial charge in [0.1, 0.15) is 11.9 Å². The van der Waals surface area contributed by atoms with Crippen LogP contribution in [0.1, 0.15) is 39.0 Å². The summed E-state index contributed by atoms with van der Waals surface area (Å²) in [5.41, 5.74) is 0.786. The number of hydrogen-bond acceptors (Lipinski definition) is 3. The predicted molar refractivity (Wildman–Crippen MR) is 85.3 cm³/mol. The SMILES string of the molecule is CCC1(NC(=O)Nc2ccc(OC3CCOC3)cc2)CCC1. The van der Waals surface area contributed by atoms with Gasteiger partial charge in [-0.1, -0.05) is 6.92 Å². The maximum absolute atomic E-state index is 12.1. The van der Waals surface area contributed by atoms with E-state index in [0.717, 1.165) is 43.7 Å². The Hall–Kier alpha value is -1.75. The van der Waals surface area contributed by atoms with E-state index >= 15 is 0 Å². The number of carbonyl (C=O) groups is 1. The van der Waals surface area contributed by atoms with Crippen molar-refractivity contribution in [3.8, 4) is 5.75 Å². The molecule has 1 aromatic carbocycles. The van der Waals surface area contributed by atoms with Crippen LogP contribution in [-0.2, 0) is 4.74 Å². The van der Waals surface area contributed by atoms with Crippen LogP contribution in [0.5, 0.6) is 5.75 Å². The number of anilines is 1. The van der Waals surface area contributed by atoms with Crippen LogP contribution in [0.25, 0.3) is 0 Å². The minimum absolute atomic E-state index is 0.00953. The second-order valence-electron chi connectivity index (χ2n) is 6.19. The third-order valence-electron chi connectivity index (χ3n) is 4.67. The van der Waals surface area contributed by atoms with Crippen molar-refractivity contribution in [3.05, 3.63) is 24.3 Å². The summed E-state index contributed by atoms with van der Waals surface area (Å²) in [6.45, 7) is 3.55. The molecule has 3 rings (SSSR count). The Morgan fingerprint density at radius 1 is 1.36 bits per heavy atom. The van der Waals surface area contributed by atoms with Crippen molar-refractivity contribution in [2.75, 3.05) is 18.5 Å². The minimum atomic E-state index is -0.126. The summed E-state index contributed by atoms with van der Waals surface area (Å²) >= 11 is 0. The van der Waals surface area contributed by atoms with Crippen molar-refractivity contribution in [3.63, 3.8) is 0 Å². The lowest BCUT2D eigenvalue weighted by Gasteiger charge is -2.41. The maximum atomic E-state index is 12.1. The summed E-state index contributed by atoms with van der Waals surface area (Å²) < 4.78 is 11.1. The molecule has 1 aliphatic heterocycles. The average molecular weight is 304 g/mol. The summed E-state index contributed by atoms with van der Waals surface area (Å²) in [5, 5.41) is 5.99. The van der Waals surface area contributed by atoms with Crippen molar-refractivity contribution in [2.24, 2.45) is 0 Å². The van der Waals surface area contributed by atoms with Gasteiger partial charge in [-0.05, 0) is 49.9 Å². The maximum Gasteiger partial charge on any atom is 0.319 e. The van der Waals surface area contributed by atoms with Gasteiger partial charge in [-0.15, -0.1) is 0 Å². The summed E-state index contributed by atoms with van der Waals surface area (Å²) in [6.07, 6.45) is 5.41. The third kappa shape index (κ3) is 3.53. The van der Waals surface area contributed by atoms with Gasteiger partial charge >= 0.3 is 6.03 Å². The molecule has 1 unspecified atom stereocenters. The monoisotopic (exact) mass is 304 g/mol. The van der Waals surface area contributed by atoms with E-state index in [1.54, 1.807) is 0 Å². The summed E-state index contributed by atoms with van der Waals surface area (Å²) in [7, 11) is 0. The highest BCUT2D eigenvalue weighted by molar-refractivity contribution is 5.89. The van der Waals surface area contributed by atoms with E-state index in [2.05, 4.69) is 17.6 Å². The van der Waals surface area contributed by atoms with Gasteiger partial charge in [-0.25, -0.2) is 4.79 Å². The van der Waals surface area contributed by atoms with Crippen LogP contribution in [0.4, 0.5) is 10.5 Å². The highest BCUT2D eigenvalue weighted by Gasteiger charge is 2.36. The highest BCUT2D eigenvalue weighted by atomic mass is 16.5. The zero-order valence-corrected chi connectivity index (χ0v) is 13.1. The zero-order chi connectivity index (χ0) is 15.4. The molecule has 0 aromatic heterocycles. The second kappa shape index (κ2) is 6.57. The lowest BCUT2D eigenvalue weighted by atomic mass is 9.75. The number of benzene rings is 1. The van der Waals surface area contributed by atoms with Gasteiger partial charge in [0, 0.05) is 17.6 Å². The topological polar surface area (TPSA) is 59.6 Å². The molecule has 1 heterocycles. The summed E-state index contributed by atoms with van der Waals surface area (Å²) in [4.78, 5) is 12.1. The van der Waals surface area contributed by atoms with E-state index in [9.17, 15) is 4.79 Å². The van der Waals surface area contributed by atoms with E-state index in [1.165, 1.54) is 6.42 Å². The normalized spacial score (nSPS) is 22.7. The van der Waals surface area contributed by atoms with Gasteiger partial charge in [-0.2, -0.15) is 0 Å². The standard InChI is InChI=1S/C17H24N2O3/c1-2-17(9-3-10-17)19-16(20)18-13-4-6-14(7-5-13)22-15-8-11-21-12-15/h4-7,15H,2-3,8-12H2,1H3,(H2,18,19,20). The number of nitrogens with one attached hydrogen (secondary N) is 2. The molecule has 120 valence electrons. The second-order valence-corrected chi connectivity index (χ2v) is 6.19. The molecule has 0 bridgehead atoms. The Labute approximate surface area is 131 Å². The molecule has 2 fully saturated rings. The van der Waals surface area contributed by atoms with Crippen LogP contribution >= 0.6 is 0 Å². The Kier molecular flexibility index (Phi) is 4.52. The molecule has 1 aromatic rings. The fraction of sp³-hybridized carbons (Fsp3) is 0.588. The predicted octanol–water partition coefficient (Wildman–Crippen LogP) is 3.31. The molecule has 0 spiro atoms. The molecule has 1 aliphatic carbocycles. The molecule has 2 N–H and O–H groups in total. The van der Waals surface area contributed by atoms with Gasteiger partial charge in [0.15, 0.2) is 0 Å². The van der Waals surface area contributed by atoms with Gasteiger partial charge in [0.2, 0.25) is 0 Å². The summed E-state index contributed by atoms with van der Waals surface area (Å²) in [6, 6.07) is 7.37. The van der Waals surface area contributed by atoms with Gasteiger partial charge in [0.25, 0.3) is 0 Å². The molecule has 0 radical (unpaired) electrons. The molecule has 2 aliphatic rings. The van der Waals surface area contributed by atoms with Crippen LogP contribution in [0.15, 0.2) is 24.3 Å². The van der Waals surface area contributed by atoms with Crippen molar-refractivity contribution < 1.29 is 14.3 Å². The first-order chi connectivity index (χ1) is 10.7. The molecule has 5 nitrogen and oxygen atoms in total. The van der Waals surface area contributed by atoms with Crippen molar-refractivity contribution in [2.45, 2.75) is 50.7 Å². The lowest BCUT2D eigenvalue weighted by Crippen LogP contribution is -2.54. The van der Waals surface area contributed by atoms with E-state index < -0.39 is 0 Å². The smallest absolute Gasteiger partial charge is 0.319 e. The summed E-state index contributed by atoms with van der Waals surface area (Å²) in [5.74, 6) is 0.811. The first-order valence-electron chi connectivity index (χ1n) is 8.13. The van der Waals surface area contributed by atoms with Gasteiger partial charge < -0.3 is 20.1 Å². The van der Waals surface area contributed by atoms with Crippen LogP contribution in [0.3, 0.4) is 0 Å². The fourth-order valence-electron chi connectivity index (χ4n) is 2.99. The third-order valence-corrected chi connectivity index (χ3v) is 4.67. The van der Waals surface area contributed by atoms with Crippen LogP contribution < -0.4 is 15.4 Å². The van der Waals surface area contributed by atoms with Crippen molar-refractivity contribution in [1.82, 2.24) is 5.32 Å². The Balaban J connectivity index is 1.50. The number of ether oxygens (including phenoxy) is 2. The van der Waals surface area contributed by atoms with Gasteiger partial charge in [0.05, 0.1) is 13.2 Å². The Morgan fingerprint density at radius 2 is 2.14 bits per heavy atom. The lowest BCUT2D eigenvalue weighted by molar-refractivity contribution is 0.141. The van der Waals surface area contributed by atoms with E-state index in [0.29, 0.717) is 6.61 Å². The van der Waals surface area contributed by atoms with Crippen LogP contribution in [0, 0.1) is 0 Å². The molecular formula is C17H24N2O3. The number of urea groups is 1. The van der Waals surface area contributed by atoms with E-state index in [-0.39, 0.29) is 17.7 Å². The molecule has 1 saturated carbocycles. The molecule has 2 amide bonds. The van der Waals surface area contributed by atoms with Crippen molar-refractivity contribution >= 4 is 11.7 Å². The minimum Gasteiger partial charge on any atom is -0.488 e. The zero-order valence-electron chi connectivity index (χ0n) is 13.1. The fourth-order valence-corrected chi connectivity index (χ4v) is 2.99. The van der Waals surface area contributed by atoms with E-state index in [4.69, 9.17) is 9.47 Å². The number of carbonyl (C=O) groups excluding carboxylic acids is 1. The Morgan fingerprint density at radius 3 is 2.68 bits per heavy atom. The number of rotatable bonds is 5. The highest BCUT2D eigenvalue weighted by Crippen LogP contribution is 2.34. The average Bonchev–Trinajstić information content (AvgIpc) is 2.98. The van der Waals surface area contributed by atoms with Crippen LogP contribution in [-0.4, -0.2) is 30.9 Å². The largest absolute Gasteiger partial charge is 0.488 e. The molecule has 1 atom stereocenters. The molecular weight excluding hydrogens is 280 g/mol. The van der Waals surface area contributed by atoms with Crippen molar-refractivity contribution in [1.29, 1.82) is 0 Å². The molecule has 22 heavy (non-hydrogen) atoms.